The second-order valence-corrected chi connectivity index (χ2v) is 24.7. The Hall–Kier alpha value is -8.26. The van der Waals surface area contributed by atoms with E-state index in [0.29, 0.717) is 79.3 Å². The Kier molecular flexibility index (Phi) is 19.2. The fourth-order valence-corrected chi connectivity index (χ4v) is 14.6. The molecule has 0 bridgehead atoms. The highest BCUT2D eigenvalue weighted by atomic mass is 16.5. The molecular weight excluding hydrogens is 1140 g/mol. The van der Waals surface area contributed by atoms with Crippen LogP contribution in [0.1, 0.15) is 59.1 Å². The predicted molar refractivity (Wildman–Crippen MR) is 375 cm³/mol. The Morgan fingerprint density at radius 1 is 0.315 bits per heavy atom. The summed E-state index contributed by atoms with van der Waals surface area (Å²) in [5.41, 5.74) is 23.1. The molecule has 0 N–H and O–H groups in total. The smallest absolute Gasteiger partial charge is 0.0700 e. The molecule has 0 aliphatic heterocycles. The number of fused-ring (bicyclic) bond motifs is 10. The standard InChI is InChI=1S/C82H84N2O8/c1-57-15-30-69-71-32-28-67(55-77(71)81(75(69)51-57,35-39-89-47-43-85-3)36-40-90-48-44-86-4)83(68-29-33-72-70-31-16-58(2)52-76(70)82(78(72)56-68,37-41-91-49-45-87-5)38-42-92-50-46-88-6)65-24-19-61(20-25-65)64-23-34-80-74(54-64)73-13-9-10-14-79(73)84(80)66-26-21-60(22-27-66)63-18-17-59-11-7-8-12-62(59)53-63/h7-34,51-56H,35-50H2,1-6H3. The molecule has 1 heterocycles. The average molecular weight is 1230 g/mol. The van der Waals surface area contributed by atoms with Crippen molar-refractivity contribution in [2.24, 2.45) is 0 Å². The van der Waals surface area contributed by atoms with E-state index in [0.717, 1.165) is 65.1 Å². The third kappa shape index (κ3) is 12.3. The molecule has 1 aromatic heterocycles. The molecule has 0 saturated carbocycles. The lowest BCUT2D eigenvalue weighted by atomic mass is 9.72. The van der Waals surface area contributed by atoms with Gasteiger partial charge in [-0.25, -0.2) is 0 Å². The minimum atomic E-state index is -0.413. The number of hydrogen-bond acceptors (Lipinski definition) is 9. The molecule has 92 heavy (non-hydrogen) atoms. The first kappa shape index (κ1) is 62.5. The molecule has 10 heteroatoms. The molecule has 0 amide bonds. The fraction of sp³-hybridized carbons (Fsp3) is 0.293. The Labute approximate surface area is 542 Å². The van der Waals surface area contributed by atoms with Crippen molar-refractivity contribution in [2.75, 3.05) is 113 Å². The number of methoxy groups -OCH3 is 4. The topological polar surface area (TPSA) is 82.0 Å². The van der Waals surface area contributed by atoms with Crippen LogP contribution in [0.5, 0.6) is 0 Å². The van der Waals surface area contributed by atoms with E-state index in [1.807, 2.05) is 0 Å². The van der Waals surface area contributed by atoms with E-state index < -0.39 is 10.8 Å². The van der Waals surface area contributed by atoms with E-state index in [1.165, 1.54) is 93.8 Å². The number of hydrogen-bond donors (Lipinski definition) is 0. The van der Waals surface area contributed by atoms with Gasteiger partial charge in [0.2, 0.25) is 0 Å². The summed E-state index contributed by atoms with van der Waals surface area (Å²) in [7, 11) is 6.89. The summed E-state index contributed by atoms with van der Waals surface area (Å²) < 4.78 is 49.7. The largest absolute Gasteiger partial charge is 0.382 e. The van der Waals surface area contributed by atoms with Gasteiger partial charge in [0.25, 0.3) is 0 Å². The van der Waals surface area contributed by atoms with Crippen LogP contribution in [0.4, 0.5) is 17.1 Å². The number of aromatic nitrogens is 1. The number of para-hydroxylation sites is 1. The highest BCUT2D eigenvalue weighted by molar-refractivity contribution is 6.10. The SMILES string of the molecule is COCCOCCC1(CCOCCOC)c2cc(C)ccc2-c2ccc(N(c3ccc(-c4ccc5c(c4)c4ccccc4n5-c4ccc(-c5ccc6ccccc6c5)cc4)cc3)c3ccc4c(c3)C(CCOCCOC)(CCOCCOC)c3cc(C)ccc3-4)cc21. The van der Waals surface area contributed by atoms with Crippen molar-refractivity contribution < 1.29 is 37.9 Å². The zero-order chi connectivity index (χ0) is 63.0. The second kappa shape index (κ2) is 28.3. The van der Waals surface area contributed by atoms with Gasteiger partial charge in [-0.05, 0) is 190 Å². The maximum absolute atomic E-state index is 6.39. The zero-order valence-corrected chi connectivity index (χ0v) is 54.1. The van der Waals surface area contributed by atoms with E-state index in [1.54, 1.807) is 28.4 Å². The number of aryl methyl sites for hydroxylation is 2. The number of ether oxygens (including phenoxy) is 8. The minimum Gasteiger partial charge on any atom is -0.382 e. The first-order chi connectivity index (χ1) is 45.2. The highest BCUT2D eigenvalue weighted by Gasteiger charge is 2.45. The third-order valence-corrected chi connectivity index (χ3v) is 19.3. The first-order valence-electron chi connectivity index (χ1n) is 32.6. The Morgan fingerprint density at radius 2 is 0.717 bits per heavy atom. The first-order valence-corrected chi connectivity index (χ1v) is 32.6. The molecule has 2 aliphatic rings. The molecule has 11 aromatic rings. The molecule has 13 rings (SSSR count). The molecule has 470 valence electrons. The van der Waals surface area contributed by atoms with Crippen LogP contribution in [0.3, 0.4) is 0 Å². The Balaban J connectivity index is 0.927. The molecular formula is C82H84N2O8. The number of benzene rings is 10. The molecule has 0 spiro atoms. The van der Waals surface area contributed by atoms with E-state index in [9.17, 15) is 0 Å². The summed E-state index contributed by atoms with van der Waals surface area (Å²) in [6, 6.07) is 77.4. The van der Waals surface area contributed by atoms with Crippen molar-refractivity contribution in [3.8, 4) is 50.2 Å². The van der Waals surface area contributed by atoms with Crippen LogP contribution < -0.4 is 4.90 Å². The van der Waals surface area contributed by atoms with Crippen LogP contribution in [0, 0.1) is 13.8 Å². The summed E-state index contributed by atoms with van der Waals surface area (Å²) in [6.07, 6.45) is 3.08. The van der Waals surface area contributed by atoms with E-state index in [2.05, 4.69) is 230 Å². The van der Waals surface area contributed by atoms with Gasteiger partial charge in [0.15, 0.2) is 0 Å². The summed E-state index contributed by atoms with van der Waals surface area (Å²) in [6.45, 7) is 10.9. The van der Waals surface area contributed by atoms with E-state index in [-0.39, 0.29) is 0 Å². The normalized spacial score (nSPS) is 13.5. The van der Waals surface area contributed by atoms with Gasteiger partial charge in [0.1, 0.15) is 0 Å². The van der Waals surface area contributed by atoms with Crippen molar-refractivity contribution >= 4 is 49.6 Å². The average Bonchev–Trinajstić information content (AvgIpc) is 1.60. The summed E-state index contributed by atoms with van der Waals surface area (Å²) in [5.74, 6) is 0. The van der Waals surface area contributed by atoms with Crippen molar-refractivity contribution in [3.05, 3.63) is 240 Å². The lowest BCUT2D eigenvalue weighted by Crippen LogP contribution is -2.30. The quantitative estimate of drug-likeness (QED) is 0.0409. The van der Waals surface area contributed by atoms with Crippen molar-refractivity contribution in [2.45, 2.75) is 50.4 Å². The maximum atomic E-state index is 6.39. The molecule has 10 nitrogen and oxygen atoms in total. The molecule has 0 saturated heterocycles. The van der Waals surface area contributed by atoms with Gasteiger partial charge in [-0.15, -0.1) is 0 Å². The van der Waals surface area contributed by atoms with Gasteiger partial charge in [0.05, 0.1) is 63.9 Å². The van der Waals surface area contributed by atoms with E-state index in [4.69, 9.17) is 37.9 Å². The molecule has 10 aromatic carbocycles. The molecule has 0 atom stereocenters. The number of nitrogens with zero attached hydrogens (tertiary/aromatic N) is 2. The van der Waals surface area contributed by atoms with Crippen LogP contribution in [0.2, 0.25) is 0 Å². The van der Waals surface area contributed by atoms with Crippen molar-refractivity contribution in [3.63, 3.8) is 0 Å². The Morgan fingerprint density at radius 3 is 1.23 bits per heavy atom. The summed E-state index contributed by atoms with van der Waals surface area (Å²) in [5, 5.41) is 4.91. The lowest BCUT2D eigenvalue weighted by molar-refractivity contribution is 0.0490. The van der Waals surface area contributed by atoms with Crippen LogP contribution >= 0.6 is 0 Å². The van der Waals surface area contributed by atoms with Gasteiger partial charge in [0, 0.05) is 99.2 Å². The fourth-order valence-electron chi connectivity index (χ4n) is 14.6. The molecule has 0 unspecified atom stereocenters. The molecule has 0 fully saturated rings. The van der Waals surface area contributed by atoms with Crippen molar-refractivity contribution in [1.29, 1.82) is 0 Å². The minimum absolute atomic E-state index is 0.413. The summed E-state index contributed by atoms with van der Waals surface area (Å²) in [4.78, 5) is 2.47. The van der Waals surface area contributed by atoms with Crippen LogP contribution in [0.15, 0.2) is 206 Å². The zero-order valence-electron chi connectivity index (χ0n) is 54.1. The van der Waals surface area contributed by atoms with Crippen LogP contribution in [0.25, 0.3) is 82.8 Å². The molecule has 2 aliphatic carbocycles. The highest BCUT2D eigenvalue weighted by Crippen LogP contribution is 2.57. The van der Waals surface area contributed by atoms with Crippen LogP contribution in [-0.4, -0.2) is 112 Å². The van der Waals surface area contributed by atoms with Gasteiger partial charge in [-0.2, -0.15) is 0 Å². The van der Waals surface area contributed by atoms with Crippen molar-refractivity contribution in [1.82, 2.24) is 4.57 Å². The number of rotatable bonds is 30. The van der Waals surface area contributed by atoms with Gasteiger partial charge in [-0.3, -0.25) is 0 Å². The predicted octanol–water partition coefficient (Wildman–Crippen LogP) is 18.1. The van der Waals surface area contributed by atoms with Crippen LogP contribution in [-0.2, 0) is 48.7 Å². The van der Waals surface area contributed by atoms with Gasteiger partial charge >= 0.3 is 0 Å². The summed E-state index contributed by atoms with van der Waals surface area (Å²) >= 11 is 0. The third-order valence-electron chi connectivity index (χ3n) is 19.3. The second-order valence-electron chi connectivity index (χ2n) is 24.7. The monoisotopic (exact) mass is 1220 g/mol. The number of anilines is 3. The van der Waals surface area contributed by atoms with Gasteiger partial charge < -0.3 is 47.4 Å². The van der Waals surface area contributed by atoms with Gasteiger partial charge in [-0.1, -0.05) is 145 Å². The molecule has 0 radical (unpaired) electrons. The maximum Gasteiger partial charge on any atom is 0.0700 e. The lowest BCUT2D eigenvalue weighted by Gasteiger charge is -2.35. The Bertz CT molecular complexity index is 4200. The van der Waals surface area contributed by atoms with E-state index >= 15 is 0 Å².